The molecule has 0 spiro atoms. The van der Waals surface area contributed by atoms with Gasteiger partial charge in [-0.05, 0) is 0 Å². The first-order valence-corrected chi connectivity index (χ1v) is 3.72. The standard InChI is InChI=1S/C5H9N3S.Na.H/c6-5-9-8-3-1-7-2-4-8;;/h7H,1-4H2;;/q;+1;-1. The van der Waals surface area contributed by atoms with E-state index in [1.54, 1.807) is 0 Å². The molecule has 1 fully saturated rings. The van der Waals surface area contributed by atoms with Gasteiger partial charge in [0.1, 0.15) is 5.40 Å². The van der Waals surface area contributed by atoms with Gasteiger partial charge >= 0.3 is 29.6 Å². The molecule has 5 heteroatoms. The summed E-state index contributed by atoms with van der Waals surface area (Å²) in [5.74, 6) is 0. The first-order chi connectivity index (χ1) is 4.43. The Balaban J connectivity index is 0. The quantitative estimate of drug-likeness (QED) is 0.259. The smallest absolute Gasteiger partial charge is 1.00 e. The number of nitriles is 1. The van der Waals surface area contributed by atoms with E-state index >= 15 is 0 Å². The van der Waals surface area contributed by atoms with Gasteiger partial charge in [-0.1, -0.05) is 0 Å². The molecule has 0 aromatic carbocycles. The zero-order valence-corrected chi connectivity index (χ0v) is 8.95. The van der Waals surface area contributed by atoms with Gasteiger partial charge in [-0.3, -0.25) is 0 Å². The van der Waals surface area contributed by atoms with E-state index in [1.165, 1.54) is 11.9 Å². The van der Waals surface area contributed by atoms with Crippen LogP contribution in [-0.4, -0.2) is 30.5 Å². The molecule has 1 saturated heterocycles. The molecule has 52 valence electrons. The molecule has 3 nitrogen and oxygen atoms in total. The number of nitrogens with one attached hydrogen (secondary N) is 1. The van der Waals surface area contributed by atoms with E-state index in [0.717, 1.165) is 26.2 Å². The van der Waals surface area contributed by atoms with Crippen LogP contribution >= 0.6 is 11.9 Å². The Hall–Kier alpha value is 0.760. The van der Waals surface area contributed by atoms with Crippen molar-refractivity contribution in [1.29, 1.82) is 5.26 Å². The van der Waals surface area contributed by atoms with E-state index in [4.69, 9.17) is 5.26 Å². The summed E-state index contributed by atoms with van der Waals surface area (Å²) in [5, 5.41) is 13.5. The molecule has 1 N–H and O–H groups in total. The molecular weight excluding hydrogens is 157 g/mol. The third kappa shape index (κ3) is 3.81. The second-order valence-electron chi connectivity index (χ2n) is 1.86. The third-order valence-electron chi connectivity index (χ3n) is 1.25. The molecule has 0 atom stereocenters. The van der Waals surface area contributed by atoms with Crippen molar-refractivity contribution in [3.8, 4) is 5.40 Å². The van der Waals surface area contributed by atoms with Crippen LogP contribution in [0.4, 0.5) is 0 Å². The molecular formula is C5H10N3NaS. The van der Waals surface area contributed by atoms with Crippen molar-refractivity contribution in [2.75, 3.05) is 26.2 Å². The van der Waals surface area contributed by atoms with Crippen LogP contribution in [-0.2, 0) is 0 Å². The Morgan fingerprint density at radius 3 is 2.60 bits per heavy atom. The van der Waals surface area contributed by atoms with Gasteiger partial charge in [-0.25, -0.2) is 4.31 Å². The zero-order valence-electron chi connectivity index (χ0n) is 7.13. The molecule has 1 rings (SSSR count). The topological polar surface area (TPSA) is 39.1 Å². The van der Waals surface area contributed by atoms with Gasteiger partial charge in [-0.2, -0.15) is 5.26 Å². The van der Waals surface area contributed by atoms with Crippen molar-refractivity contribution in [3.63, 3.8) is 0 Å². The maximum absolute atomic E-state index is 8.27. The molecule has 0 bridgehead atoms. The van der Waals surface area contributed by atoms with Crippen molar-refractivity contribution in [2.24, 2.45) is 0 Å². The van der Waals surface area contributed by atoms with Crippen molar-refractivity contribution in [1.82, 2.24) is 9.62 Å². The summed E-state index contributed by atoms with van der Waals surface area (Å²) < 4.78 is 2.07. The molecule has 0 unspecified atom stereocenters. The zero-order chi connectivity index (χ0) is 6.53. The van der Waals surface area contributed by atoms with Crippen LogP contribution in [0, 0.1) is 10.7 Å². The molecule has 1 heterocycles. The Bertz CT molecular complexity index is 123. The average Bonchev–Trinajstić information content (AvgIpc) is 1.91. The Labute approximate surface area is 89.1 Å². The second-order valence-corrected chi connectivity index (χ2v) is 2.74. The molecule has 1 aliphatic rings. The van der Waals surface area contributed by atoms with Crippen LogP contribution in [0.15, 0.2) is 0 Å². The number of hydrogen-bond acceptors (Lipinski definition) is 4. The minimum Gasteiger partial charge on any atom is -1.00 e. The van der Waals surface area contributed by atoms with E-state index < -0.39 is 0 Å². The minimum absolute atomic E-state index is 0. The first kappa shape index (κ1) is 10.8. The second kappa shape index (κ2) is 6.47. The van der Waals surface area contributed by atoms with E-state index in [-0.39, 0.29) is 31.0 Å². The monoisotopic (exact) mass is 167 g/mol. The van der Waals surface area contributed by atoms with Crippen molar-refractivity contribution >= 4 is 11.9 Å². The van der Waals surface area contributed by atoms with Crippen LogP contribution in [0.1, 0.15) is 1.43 Å². The van der Waals surface area contributed by atoms with Gasteiger partial charge in [0, 0.05) is 38.1 Å². The minimum atomic E-state index is 0. The normalized spacial score (nSPS) is 19.1. The fourth-order valence-electron chi connectivity index (χ4n) is 0.793. The van der Waals surface area contributed by atoms with Gasteiger partial charge in [0.2, 0.25) is 0 Å². The molecule has 0 aromatic heterocycles. The number of piperazine rings is 1. The number of nitrogens with zero attached hydrogens (tertiary/aromatic N) is 2. The van der Waals surface area contributed by atoms with E-state index in [0.29, 0.717) is 0 Å². The summed E-state index contributed by atoms with van der Waals surface area (Å²) >= 11 is 1.25. The predicted octanol–water partition coefficient (Wildman–Crippen LogP) is -2.86. The summed E-state index contributed by atoms with van der Waals surface area (Å²) in [6, 6.07) is 0. The van der Waals surface area contributed by atoms with Crippen LogP contribution in [0.25, 0.3) is 0 Å². The molecule has 0 radical (unpaired) electrons. The number of thiocyanates is 1. The van der Waals surface area contributed by atoms with Gasteiger partial charge < -0.3 is 6.74 Å². The summed E-state index contributed by atoms with van der Waals surface area (Å²) in [6.07, 6.45) is 0. The SMILES string of the molecule is N#CSN1CCNCC1.[H-].[Na+]. The van der Waals surface area contributed by atoms with E-state index in [9.17, 15) is 0 Å². The Morgan fingerprint density at radius 2 is 2.10 bits per heavy atom. The molecule has 10 heavy (non-hydrogen) atoms. The van der Waals surface area contributed by atoms with Gasteiger partial charge in [-0.15, -0.1) is 0 Å². The fraction of sp³-hybridized carbons (Fsp3) is 0.800. The Kier molecular flexibility index (Phi) is 6.96. The van der Waals surface area contributed by atoms with Crippen molar-refractivity contribution in [3.05, 3.63) is 0 Å². The summed E-state index contributed by atoms with van der Waals surface area (Å²) in [4.78, 5) is 0. The van der Waals surface area contributed by atoms with E-state index in [2.05, 4.69) is 15.0 Å². The van der Waals surface area contributed by atoms with Crippen LogP contribution in [0.3, 0.4) is 0 Å². The summed E-state index contributed by atoms with van der Waals surface area (Å²) in [7, 11) is 0. The predicted molar refractivity (Wildman–Crippen MR) is 38.8 cm³/mol. The molecule has 1 aliphatic heterocycles. The van der Waals surface area contributed by atoms with Gasteiger partial charge in [0.05, 0.1) is 0 Å². The number of hydrogen-bond donors (Lipinski definition) is 1. The summed E-state index contributed by atoms with van der Waals surface area (Å²) in [6.45, 7) is 3.99. The van der Waals surface area contributed by atoms with E-state index in [1.807, 2.05) is 0 Å². The third-order valence-corrected chi connectivity index (χ3v) is 1.95. The van der Waals surface area contributed by atoms with Crippen LogP contribution in [0.5, 0.6) is 0 Å². The van der Waals surface area contributed by atoms with Crippen LogP contribution < -0.4 is 34.9 Å². The molecule has 0 aromatic rings. The number of rotatable bonds is 1. The van der Waals surface area contributed by atoms with Gasteiger partial charge in [0.15, 0.2) is 0 Å². The first-order valence-electron chi connectivity index (χ1n) is 2.95. The largest absolute Gasteiger partial charge is 1.00 e. The van der Waals surface area contributed by atoms with Crippen LogP contribution in [0.2, 0.25) is 0 Å². The summed E-state index contributed by atoms with van der Waals surface area (Å²) in [5.41, 5.74) is 0. The van der Waals surface area contributed by atoms with Gasteiger partial charge in [0.25, 0.3) is 0 Å². The molecule has 0 aliphatic carbocycles. The maximum atomic E-state index is 8.27. The van der Waals surface area contributed by atoms with Crippen molar-refractivity contribution < 1.29 is 31.0 Å². The molecule has 0 amide bonds. The fourth-order valence-corrected chi connectivity index (χ4v) is 1.27. The molecule has 0 saturated carbocycles. The Morgan fingerprint density at radius 1 is 1.50 bits per heavy atom. The average molecular weight is 167 g/mol. The maximum Gasteiger partial charge on any atom is 1.00 e. The van der Waals surface area contributed by atoms with Crippen molar-refractivity contribution in [2.45, 2.75) is 0 Å².